The van der Waals surface area contributed by atoms with E-state index in [2.05, 4.69) is 39.0 Å². The molecule has 1 aliphatic rings. The zero-order valence-electron chi connectivity index (χ0n) is 11.9. The summed E-state index contributed by atoms with van der Waals surface area (Å²) in [6.07, 6.45) is 3.75. The van der Waals surface area contributed by atoms with Crippen molar-refractivity contribution in [3.63, 3.8) is 0 Å². The van der Waals surface area contributed by atoms with Crippen molar-refractivity contribution in [1.29, 1.82) is 0 Å². The number of nitrogens with one attached hydrogen (secondary N) is 1. The highest BCUT2D eigenvalue weighted by atomic mass is 32.1. The number of benzene rings is 1. The summed E-state index contributed by atoms with van der Waals surface area (Å²) in [6, 6.07) is 12.2. The summed E-state index contributed by atoms with van der Waals surface area (Å²) in [5.41, 5.74) is 2.12. The molecule has 0 spiro atoms. The van der Waals surface area contributed by atoms with Crippen molar-refractivity contribution in [2.75, 3.05) is 12.4 Å². The second-order valence-electron chi connectivity index (χ2n) is 4.92. The van der Waals surface area contributed by atoms with E-state index in [0.29, 0.717) is 0 Å². The van der Waals surface area contributed by atoms with Crippen LogP contribution in [0.3, 0.4) is 0 Å². The standard InChI is InChI=1S/C16H14N4OS/c1-21-12-6-4-11(5-7-12)13-9-14(15-3-2-8-22-15)20-16(19-13)17-10-18-20/h2-10,14H,1H3,(H,17,18,19)/t14-/m0/s1. The Balaban J connectivity index is 1.76. The normalized spacial score (nSPS) is 16.6. The number of rotatable bonds is 3. The lowest BCUT2D eigenvalue weighted by atomic mass is 10.1. The number of hydrogen-bond donors (Lipinski definition) is 1. The molecule has 2 aromatic heterocycles. The predicted octanol–water partition coefficient (Wildman–Crippen LogP) is 3.40. The molecule has 0 saturated heterocycles. The van der Waals surface area contributed by atoms with E-state index in [-0.39, 0.29) is 6.04 Å². The first-order chi connectivity index (χ1) is 10.8. The molecular formula is C16H14N4OS. The fourth-order valence-corrected chi connectivity index (χ4v) is 3.31. The van der Waals surface area contributed by atoms with Crippen molar-refractivity contribution in [3.8, 4) is 5.75 Å². The van der Waals surface area contributed by atoms with Crippen molar-refractivity contribution in [2.24, 2.45) is 0 Å². The Hall–Kier alpha value is -2.60. The van der Waals surface area contributed by atoms with Gasteiger partial charge in [0.1, 0.15) is 18.1 Å². The van der Waals surface area contributed by atoms with Crippen molar-refractivity contribution in [3.05, 3.63) is 64.6 Å². The van der Waals surface area contributed by atoms with Crippen LogP contribution in [0.5, 0.6) is 5.75 Å². The minimum atomic E-state index is 0.0656. The van der Waals surface area contributed by atoms with Crippen LogP contribution in [0.1, 0.15) is 16.5 Å². The van der Waals surface area contributed by atoms with Crippen molar-refractivity contribution in [2.45, 2.75) is 6.04 Å². The molecule has 1 aliphatic heterocycles. The Morgan fingerprint density at radius 1 is 1.23 bits per heavy atom. The molecule has 4 rings (SSSR count). The molecule has 0 bridgehead atoms. The van der Waals surface area contributed by atoms with Crippen LogP contribution in [-0.4, -0.2) is 21.9 Å². The van der Waals surface area contributed by atoms with Gasteiger partial charge in [0.15, 0.2) is 0 Å². The first-order valence-corrected chi connectivity index (χ1v) is 7.79. The Kier molecular flexibility index (Phi) is 3.16. The zero-order valence-corrected chi connectivity index (χ0v) is 12.7. The van der Waals surface area contributed by atoms with E-state index in [1.165, 1.54) is 4.88 Å². The first-order valence-electron chi connectivity index (χ1n) is 6.91. The fourth-order valence-electron chi connectivity index (χ4n) is 2.53. The maximum atomic E-state index is 5.22. The van der Waals surface area contributed by atoms with Crippen LogP contribution in [0.4, 0.5) is 5.95 Å². The Morgan fingerprint density at radius 2 is 2.09 bits per heavy atom. The fraction of sp³-hybridized carbons (Fsp3) is 0.125. The number of ether oxygens (including phenoxy) is 1. The Morgan fingerprint density at radius 3 is 2.82 bits per heavy atom. The third kappa shape index (κ3) is 2.17. The molecule has 0 aliphatic carbocycles. The summed E-state index contributed by atoms with van der Waals surface area (Å²) in [7, 11) is 1.67. The van der Waals surface area contributed by atoms with E-state index in [1.54, 1.807) is 24.8 Å². The minimum absolute atomic E-state index is 0.0656. The molecule has 1 aromatic carbocycles. The van der Waals surface area contributed by atoms with Gasteiger partial charge >= 0.3 is 0 Å². The van der Waals surface area contributed by atoms with Crippen LogP contribution < -0.4 is 10.1 Å². The molecule has 0 saturated carbocycles. The number of methoxy groups -OCH3 is 1. The largest absolute Gasteiger partial charge is 0.497 e. The van der Waals surface area contributed by atoms with Gasteiger partial charge in [0, 0.05) is 10.6 Å². The molecule has 22 heavy (non-hydrogen) atoms. The van der Waals surface area contributed by atoms with Crippen LogP contribution >= 0.6 is 11.3 Å². The lowest BCUT2D eigenvalue weighted by molar-refractivity contribution is 0.415. The maximum Gasteiger partial charge on any atom is 0.226 e. The highest BCUT2D eigenvalue weighted by Crippen LogP contribution is 2.34. The van der Waals surface area contributed by atoms with E-state index < -0.39 is 0 Å². The summed E-state index contributed by atoms with van der Waals surface area (Å²) in [5.74, 6) is 1.60. The molecule has 1 atom stereocenters. The molecule has 3 aromatic rings. The highest BCUT2D eigenvalue weighted by Gasteiger charge is 2.23. The summed E-state index contributed by atoms with van der Waals surface area (Å²) in [5, 5.41) is 9.75. The summed E-state index contributed by atoms with van der Waals surface area (Å²) in [4.78, 5) is 5.54. The average molecular weight is 310 g/mol. The minimum Gasteiger partial charge on any atom is -0.497 e. The molecule has 1 N–H and O–H groups in total. The van der Waals surface area contributed by atoms with Crippen molar-refractivity contribution < 1.29 is 4.74 Å². The quantitative estimate of drug-likeness (QED) is 0.805. The van der Waals surface area contributed by atoms with Crippen LogP contribution in [0.15, 0.2) is 54.2 Å². The van der Waals surface area contributed by atoms with Gasteiger partial charge in [-0.15, -0.1) is 11.3 Å². The number of thiophene rings is 1. The molecule has 110 valence electrons. The summed E-state index contributed by atoms with van der Waals surface area (Å²) < 4.78 is 7.12. The SMILES string of the molecule is COc1ccc(C2=C[C@@H](c3cccs3)n3ncnc3N2)cc1. The van der Waals surface area contributed by atoms with Gasteiger partial charge in [-0.3, -0.25) is 0 Å². The van der Waals surface area contributed by atoms with Crippen LogP contribution in [-0.2, 0) is 0 Å². The van der Waals surface area contributed by atoms with E-state index in [4.69, 9.17) is 4.74 Å². The van der Waals surface area contributed by atoms with Crippen molar-refractivity contribution >= 4 is 23.0 Å². The van der Waals surface area contributed by atoms with E-state index in [1.807, 2.05) is 28.9 Å². The smallest absolute Gasteiger partial charge is 0.226 e. The van der Waals surface area contributed by atoms with Gasteiger partial charge in [0.2, 0.25) is 5.95 Å². The lowest BCUT2D eigenvalue weighted by Gasteiger charge is -2.23. The zero-order chi connectivity index (χ0) is 14.9. The molecule has 0 fully saturated rings. The summed E-state index contributed by atoms with van der Waals surface area (Å²) >= 11 is 1.72. The molecular weight excluding hydrogens is 296 g/mol. The van der Waals surface area contributed by atoms with Crippen LogP contribution in [0.2, 0.25) is 0 Å². The number of aromatic nitrogens is 3. The summed E-state index contributed by atoms with van der Waals surface area (Å²) in [6.45, 7) is 0. The molecule has 5 nitrogen and oxygen atoms in total. The maximum absolute atomic E-state index is 5.22. The van der Waals surface area contributed by atoms with Crippen LogP contribution in [0.25, 0.3) is 5.70 Å². The van der Waals surface area contributed by atoms with Gasteiger partial charge < -0.3 is 10.1 Å². The lowest BCUT2D eigenvalue weighted by Crippen LogP contribution is -2.19. The van der Waals surface area contributed by atoms with E-state index >= 15 is 0 Å². The van der Waals surface area contributed by atoms with Gasteiger partial charge in [0.05, 0.1) is 7.11 Å². The number of anilines is 1. The Labute approximate surface area is 131 Å². The number of allylic oxidation sites excluding steroid dienone is 1. The van der Waals surface area contributed by atoms with Gasteiger partial charge in [0.25, 0.3) is 0 Å². The van der Waals surface area contributed by atoms with Gasteiger partial charge in [-0.25, -0.2) is 4.68 Å². The molecule has 6 heteroatoms. The van der Waals surface area contributed by atoms with Gasteiger partial charge in [-0.2, -0.15) is 10.1 Å². The number of fused-ring (bicyclic) bond motifs is 1. The third-order valence-electron chi connectivity index (χ3n) is 3.64. The van der Waals surface area contributed by atoms with Crippen LogP contribution in [0, 0.1) is 0 Å². The Bertz CT molecular complexity index is 805. The predicted molar refractivity (Wildman–Crippen MR) is 87.1 cm³/mol. The monoisotopic (exact) mass is 310 g/mol. The first kappa shape index (κ1) is 13.1. The van der Waals surface area contributed by atoms with E-state index in [9.17, 15) is 0 Å². The molecule has 0 unspecified atom stereocenters. The van der Waals surface area contributed by atoms with E-state index in [0.717, 1.165) is 23.0 Å². The average Bonchev–Trinajstić information content (AvgIpc) is 3.25. The number of nitrogens with zero attached hydrogens (tertiary/aromatic N) is 3. The molecule has 3 heterocycles. The highest BCUT2D eigenvalue weighted by molar-refractivity contribution is 7.10. The third-order valence-corrected chi connectivity index (χ3v) is 4.59. The molecule has 0 amide bonds. The second kappa shape index (κ2) is 5.31. The van der Waals surface area contributed by atoms with Gasteiger partial charge in [-0.05, 0) is 47.4 Å². The second-order valence-corrected chi connectivity index (χ2v) is 5.90. The molecule has 0 radical (unpaired) electrons. The number of hydrogen-bond acceptors (Lipinski definition) is 5. The topological polar surface area (TPSA) is 52.0 Å². The van der Waals surface area contributed by atoms with Crippen molar-refractivity contribution in [1.82, 2.24) is 14.8 Å². The van der Waals surface area contributed by atoms with Gasteiger partial charge in [-0.1, -0.05) is 6.07 Å².